The van der Waals surface area contributed by atoms with Gasteiger partial charge in [-0.2, -0.15) is 0 Å². The second kappa shape index (κ2) is 12.4. The van der Waals surface area contributed by atoms with E-state index in [0.717, 1.165) is 22.7 Å². The van der Waals surface area contributed by atoms with E-state index in [0.29, 0.717) is 28.9 Å². The second-order valence-electron chi connectivity index (χ2n) is 8.44. The van der Waals surface area contributed by atoms with Gasteiger partial charge in [0.2, 0.25) is 0 Å². The maximum atomic E-state index is 13.3. The molecule has 4 rings (SSSR count). The molecule has 3 aromatic carbocycles. The highest BCUT2D eigenvalue weighted by Gasteiger charge is 2.39. The number of para-hydroxylation sites is 3. The van der Waals surface area contributed by atoms with Crippen LogP contribution < -0.4 is 9.64 Å². The lowest BCUT2D eigenvalue weighted by atomic mass is 10.1. The lowest BCUT2D eigenvalue weighted by Crippen LogP contribution is -2.42. The molecule has 3 aromatic rings. The first kappa shape index (κ1) is 27.0. The fourth-order valence-electron chi connectivity index (χ4n) is 3.96. The van der Waals surface area contributed by atoms with E-state index in [1.54, 1.807) is 32.4 Å². The van der Waals surface area contributed by atoms with Gasteiger partial charge in [0, 0.05) is 19.3 Å². The van der Waals surface area contributed by atoms with Crippen molar-refractivity contribution in [2.45, 2.75) is 13.0 Å². The number of hydrogen-bond acceptors (Lipinski definition) is 7. The molecule has 0 saturated carbocycles. The lowest BCUT2D eigenvalue weighted by Gasteiger charge is -2.26. The predicted molar refractivity (Wildman–Crippen MR) is 151 cm³/mol. The quantitative estimate of drug-likeness (QED) is 0.343. The monoisotopic (exact) mass is 531 g/mol. The smallest absolute Gasteiger partial charge is 0.326 e. The molecule has 1 saturated heterocycles. The molecule has 1 unspecified atom stereocenters. The summed E-state index contributed by atoms with van der Waals surface area (Å²) in [7, 11) is 3.30. The molecule has 9 heteroatoms. The molecule has 38 heavy (non-hydrogen) atoms. The molecule has 0 spiro atoms. The normalized spacial score (nSPS) is 16.2. The van der Waals surface area contributed by atoms with Gasteiger partial charge in [-0.1, -0.05) is 42.5 Å². The Labute approximate surface area is 226 Å². The molecular weight excluding hydrogens is 502 g/mol. The number of carbonyl (C=O) groups excluding carboxylic acids is 1. The van der Waals surface area contributed by atoms with Crippen molar-refractivity contribution in [3.05, 3.63) is 89.3 Å². The molecule has 0 aromatic heterocycles. The Morgan fingerprint density at radius 2 is 1.74 bits per heavy atom. The number of amides is 1. The van der Waals surface area contributed by atoms with Crippen molar-refractivity contribution in [3.8, 4) is 5.75 Å². The van der Waals surface area contributed by atoms with E-state index in [2.05, 4.69) is 9.89 Å². The molecule has 0 aliphatic carbocycles. The number of carbonyl (C=O) groups is 2. The molecule has 1 atom stereocenters. The Morgan fingerprint density at radius 3 is 2.39 bits per heavy atom. The minimum Gasteiger partial charge on any atom is -0.495 e. The SMILES string of the molecule is COCCN(c1ccc(/C=C2\SC(=Nc3ccccc3)N(C(C)C(=O)O)C2=O)cc1)c1ccccc1OC. The fraction of sp³-hybridized carbons (Fsp3) is 0.207. The number of ether oxygens (including phenoxy) is 2. The van der Waals surface area contributed by atoms with E-state index >= 15 is 0 Å². The Bertz CT molecular complexity index is 1340. The maximum Gasteiger partial charge on any atom is 0.326 e. The number of aliphatic imine (C=N–C) groups is 1. The summed E-state index contributed by atoms with van der Waals surface area (Å²) >= 11 is 1.17. The summed E-state index contributed by atoms with van der Waals surface area (Å²) < 4.78 is 10.9. The zero-order chi connectivity index (χ0) is 27.1. The third-order valence-electron chi connectivity index (χ3n) is 5.96. The number of anilines is 2. The minimum atomic E-state index is -1.10. The third-order valence-corrected chi connectivity index (χ3v) is 6.94. The first-order chi connectivity index (χ1) is 18.4. The van der Waals surface area contributed by atoms with Gasteiger partial charge in [-0.3, -0.25) is 9.69 Å². The molecule has 1 heterocycles. The maximum absolute atomic E-state index is 13.3. The zero-order valence-corrected chi connectivity index (χ0v) is 22.2. The molecule has 196 valence electrons. The summed E-state index contributed by atoms with van der Waals surface area (Å²) in [5, 5.41) is 9.93. The number of amidine groups is 1. The number of hydrogen-bond donors (Lipinski definition) is 1. The van der Waals surface area contributed by atoms with Gasteiger partial charge in [-0.25, -0.2) is 9.79 Å². The highest BCUT2D eigenvalue weighted by molar-refractivity contribution is 8.18. The van der Waals surface area contributed by atoms with Crippen LogP contribution in [0, 0.1) is 0 Å². The summed E-state index contributed by atoms with van der Waals surface area (Å²) in [6, 6.07) is 23.7. The van der Waals surface area contributed by atoms with Crippen molar-refractivity contribution in [1.82, 2.24) is 4.90 Å². The van der Waals surface area contributed by atoms with Crippen LogP contribution in [0.2, 0.25) is 0 Å². The highest BCUT2D eigenvalue weighted by atomic mass is 32.2. The van der Waals surface area contributed by atoms with E-state index in [4.69, 9.17) is 9.47 Å². The van der Waals surface area contributed by atoms with Crippen LogP contribution in [-0.4, -0.2) is 60.5 Å². The van der Waals surface area contributed by atoms with Gasteiger partial charge in [0.05, 0.1) is 30.0 Å². The molecule has 1 amide bonds. The average Bonchev–Trinajstić information content (AvgIpc) is 3.23. The lowest BCUT2D eigenvalue weighted by molar-refractivity contribution is -0.144. The summed E-state index contributed by atoms with van der Waals surface area (Å²) in [4.78, 5) is 33.3. The fourth-order valence-corrected chi connectivity index (χ4v) is 5.02. The molecule has 1 fully saturated rings. The molecule has 1 aliphatic heterocycles. The summed E-state index contributed by atoms with van der Waals surface area (Å²) in [6.45, 7) is 2.62. The van der Waals surface area contributed by atoms with Gasteiger partial charge in [-0.15, -0.1) is 0 Å². The van der Waals surface area contributed by atoms with Crippen LogP contribution in [-0.2, 0) is 14.3 Å². The number of carboxylic acids is 1. The Kier molecular flexibility index (Phi) is 8.83. The molecule has 1 aliphatic rings. The Balaban J connectivity index is 1.64. The molecular formula is C29H29N3O5S. The summed E-state index contributed by atoms with van der Waals surface area (Å²) in [5.41, 5.74) is 3.30. The molecule has 1 N–H and O–H groups in total. The number of benzene rings is 3. The summed E-state index contributed by atoms with van der Waals surface area (Å²) in [6.07, 6.45) is 1.76. The Hall–Kier alpha value is -4.08. The van der Waals surface area contributed by atoms with Crippen LogP contribution in [0.15, 0.2) is 88.8 Å². The van der Waals surface area contributed by atoms with Crippen LogP contribution in [0.5, 0.6) is 5.75 Å². The molecule has 0 radical (unpaired) electrons. The van der Waals surface area contributed by atoms with Crippen LogP contribution in [0.3, 0.4) is 0 Å². The van der Waals surface area contributed by atoms with Crippen LogP contribution in [0.1, 0.15) is 12.5 Å². The highest BCUT2D eigenvalue weighted by Crippen LogP contribution is 2.37. The van der Waals surface area contributed by atoms with E-state index < -0.39 is 12.0 Å². The van der Waals surface area contributed by atoms with E-state index in [1.165, 1.54) is 23.6 Å². The average molecular weight is 532 g/mol. The van der Waals surface area contributed by atoms with Crippen molar-refractivity contribution >= 4 is 51.9 Å². The minimum absolute atomic E-state index is 0.334. The first-order valence-corrected chi connectivity index (χ1v) is 12.8. The number of carboxylic acid groups (broad SMARTS) is 1. The van der Waals surface area contributed by atoms with E-state index in [1.807, 2.05) is 66.7 Å². The number of rotatable bonds is 10. The van der Waals surface area contributed by atoms with Crippen molar-refractivity contribution in [1.29, 1.82) is 0 Å². The number of nitrogens with zero attached hydrogens (tertiary/aromatic N) is 3. The largest absolute Gasteiger partial charge is 0.495 e. The third kappa shape index (κ3) is 6.07. The van der Waals surface area contributed by atoms with Gasteiger partial charge < -0.3 is 19.5 Å². The van der Waals surface area contributed by atoms with Crippen molar-refractivity contribution in [2.24, 2.45) is 4.99 Å². The van der Waals surface area contributed by atoms with Crippen LogP contribution in [0.25, 0.3) is 6.08 Å². The standard InChI is InChI=1S/C29H29N3O5S/c1-20(28(34)35)32-27(33)26(38-29(32)30-22-9-5-4-6-10-22)19-21-13-15-23(16-14-21)31(17-18-36-2)24-11-7-8-12-25(24)37-3/h4-16,19-20H,17-18H2,1-3H3,(H,34,35)/b26-19-,30-29?. The van der Waals surface area contributed by atoms with E-state index in [-0.39, 0.29) is 5.91 Å². The zero-order valence-electron chi connectivity index (χ0n) is 21.4. The van der Waals surface area contributed by atoms with Gasteiger partial charge in [0.15, 0.2) is 5.17 Å². The molecule has 0 bridgehead atoms. The number of methoxy groups -OCH3 is 2. The number of thioether (sulfide) groups is 1. The second-order valence-corrected chi connectivity index (χ2v) is 9.45. The number of aliphatic carboxylic acids is 1. The van der Waals surface area contributed by atoms with Gasteiger partial charge in [-0.05, 0) is 66.7 Å². The van der Waals surface area contributed by atoms with Crippen molar-refractivity contribution in [2.75, 3.05) is 32.3 Å². The van der Waals surface area contributed by atoms with Gasteiger partial charge in [0.1, 0.15) is 11.8 Å². The summed E-state index contributed by atoms with van der Waals surface area (Å²) in [5.74, 6) is -0.738. The Morgan fingerprint density at radius 1 is 1.05 bits per heavy atom. The van der Waals surface area contributed by atoms with Gasteiger partial charge >= 0.3 is 5.97 Å². The van der Waals surface area contributed by atoms with Crippen molar-refractivity contribution < 1.29 is 24.2 Å². The first-order valence-electron chi connectivity index (χ1n) is 12.0. The molecule has 8 nitrogen and oxygen atoms in total. The van der Waals surface area contributed by atoms with Crippen LogP contribution in [0.4, 0.5) is 17.1 Å². The topological polar surface area (TPSA) is 91.7 Å². The predicted octanol–water partition coefficient (Wildman–Crippen LogP) is 5.56. The van der Waals surface area contributed by atoms with Crippen molar-refractivity contribution in [3.63, 3.8) is 0 Å². The van der Waals surface area contributed by atoms with Gasteiger partial charge in [0.25, 0.3) is 5.91 Å². The van der Waals surface area contributed by atoms with E-state index in [9.17, 15) is 14.7 Å². The van der Waals surface area contributed by atoms with Crippen LogP contribution >= 0.6 is 11.8 Å².